The van der Waals surface area contributed by atoms with E-state index < -0.39 is 0 Å². The maximum absolute atomic E-state index is 11.3. The fourth-order valence-corrected chi connectivity index (χ4v) is 2.26. The van der Waals surface area contributed by atoms with E-state index in [9.17, 15) is 4.79 Å². The van der Waals surface area contributed by atoms with E-state index in [1.165, 1.54) is 0 Å². The summed E-state index contributed by atoms with van der Waals surface area (Å²) in [7, 11) is 0. The number of Topliss-reactive ketones (excluding diaryl/α,β-unsaturated/α-hetero) is 1. The van der Waals surface area contributed by atoms with Crippen LogP contribution in [0.5, 0.6) is 0 Å². The first-order chi connectivity index (χ1) is 6.07. The van der Waals surface area contributed by atoms with E-state index in [1.54, 1.807) is 12.1 Å². The summed E-state index contributed by atoms with van der Waals surface area (Å²) in [6.07, 6.45) is 0. The third-order valence-electron chi connectivity index (χ3n) is 1.44. The lowest BCUT2D eigenvalue weighted by molar-refractivity contribution is 0.102. The number of halogens is 4. The van der Waals surface area contributed by atoms with Gasteiger partial charge in [0.15, 0.2) is 5.78 Å². The van der Waals surface area contributed by atoms with E-state index in [0.29, 0.717) is 15.1 Å². The second-order valence-electron chi connectivity index (χ2n) is 2.27. The van der Waals surface area contributed by atoms with Crippen LogP contribution in [0.2, 0.25) is 5.02 Å². The SMILES string of the molecule is O=C(CCl)c1c(Cl)ccc(Br)c1Br. The Kier molecular flexibility index (Phi) is 4.23. The van der Waals surface area contributed by atoms with Gasteiger partial charge in [-0.25, -0.2) is 0 Å². The quantitative estimate of drug-likeness (QED) is 0.443. The molecule has 0 atom stereocenters. The Balaban J connectivity index is 3.33. The topological polar surface area (TPSA) is 17.1 Å². The maximum Gasteiger partial charge on any atom is 0.180 e. The molecule has 1 nitrogen and oxygen atoms in total. The Labute approximate surface area is 103 Å². The summed E-state index contributed by atoms with van der Waals surface area (Å²) in [6, 6.07) is 3.41. The van der Waals surface area contributed by atoms with Gasteiger partial charge in [-0.15, -0.1) is 11.6 Å². The van der Waals surface area contributed by atoms with Crippen molar-refractivity contribution in [3.05, 3.63) is 31.7 Å². The van der Waals surface area contributed by atoms with Gasteiger partial charge in [-0.2, -0.15) is 0 Å². The van der Waals surface area contributed by atoms with E-state index in [-0.39, 0.29) is 11.7 Å². The lowest BCUT2D eigenvalue weighted by Gasteiger charge is -2.05. The summed E-state index contributed by atoms with van der Waals surface area (Å²) in [5, 5.41) is 0.403. The van der Waals surface area contributed by atoms with E-state index in [4.69, 9.17) is 23.2 Å². The van der Waals surface area contributed by atoms with Crippen molar-refractivity contribution >= 4 is 60.8 Å². The molecular formula is C8H4Br2Cl2O. The van der Waals surface area contributed by atoms with Crippen LogP contribution >= 0.6 is 55.1 Å². The van der Waals surface area contributed by atoms with Crippen molar-refractivity contribution in [3.8, 4) is 0 Å². The predicted molar refractivity (Wildman–Crippen MR) is 61.9 cm³/mol. The zero-order valence-electron chi connectivity index (χ0n) is 6.28. The van der Waals surface area contributed by atoms with Crippen LogP contribution in [0, 0.1) is 0 Å². The molecule has 0 aliphatic carbocycles. The molecule has 0 saturated heterocycles. The average Bonchev–Trinajstić information content (AvgIpc) is 2.12. The first-order valence-electron chi connectivity index (χ1n) is 3.30. The van der Waals surface area contributed by atoms with Gasteiger partial charge >= 0.3 is 0 Å². The highest BCUT2D eigenvalue weighted by molar-refractivity contribution is 9.13. The summed E-state index contributed by atoms with van der Waals surface area (Å²) in [6.45, 7) is 0. The fraction of sp³-hybridized carbons (Fsp3) is 0.125. The lowest BCUT2D eigenvalue weighted by Crippen LogP contribution is -2.02. The molecule has 0 bridgehead atoms. The number of hydrogen-bond donors (Lipinski definition) is 0. The second-order valence-corrected chi connectivity index (χ2v) is 4.60. The van der Waals surface area contributed by atoms with Gasteiger partial charge < -0.3 is 0 Å². The maximum atomic E-state index is 11.3. The number of rotatable bonds is 2. The molecule has 1 rings (SSSR count). The molecule has 0 aliphatic rings. The van der Waals surface area contributed by atoms with Crippen molar-refractivity contribution in [2.45, 2.75) is 0 Å². The monoisotopic (exact) mass is 344 g/mol. The minimum Gasteiger partial charge on any atom is -0.293 e. The molecule has 13 heavy (non-hydrogen) atoms. The molecule has 1 aromatic carbocycles. The largest absolute Gasteiger partial charge is 0.293 e. The summed E-state index contributed by atoms with van der Waals surface area (Å²) < 4.78 is 1.43. The standard InChI is InChI=1S/C8H4Br2Cl2O/c9-4-1-2-5(12)7(8(4)10)6(13)3-11/h1-2H,3H2. The van der Waals surface area contributed by atoms with Gasteiger partial charge in [-0.1, -0.05) is 11.6 Å². The lowest BCUT2D eigenvalue weighted by atomic mass is 10.1. The molecule has 70 valence electrons. The minimum atomic E-state index is -0.195. The van der Waals surface area contributed by atoms with Crippen LogP contribution in [0.1, 0.15) is 10.4 Å². The third kappa shape index (κ3) is 2.46. The number of carbonyl (C=O) groups is 1. The highest BCUT2D eigenvalue weighted by atomic mass is 79.9. The molecule has 0 saturated carbocycles. The van der Waals surface area contributed by atoms with Crippen molar-refractivity contribution in [1.82, 2.24) is 0 Å². The molecular weight excluding hydrogens is 343 g/mol. The van der Waals surface area contributed by atoms with Crippen LogP contribution in [0.25, 0.3) is 0 Å². The molecule has 0 unspecified atom stereocenters. The molecule has 0 aliphatic heterocycles. The number of alkyl halides is 1. The molecule has 1 aromatic rings. The predicted octanol–water partition coefficient (Wildman–Crippen LogP) is 4.29. The molecule has 0 N–H and O–H groups in total. The van der Waals surface area contributed by atoms with Crippen molar-refractivity contribution in [3.63, 3.8) is 0 Å². The van der Waals surface area contributed by atoms with Crippen molar-refractivity contribution < 1.29 is 4.79 Å². The van der Waals surface area contributed by atoms with Crippen LogP contribution in [0.4, 0.5) is 0 Å². The molecule has 0 fully saturated rings. The van der Waals surface area contributed by atoms with Gasteiger partial charge in [-0.3, -0.25) is 4.79 Å². The Morgan fingerprint density at radius 1 is 1.38 bits per heavy atom. The molecule has 0 aromatic heterocycles. The van der Waals surface area contributed by atoms with E-state index in [0.717, 1.165) is 4.47 Å². The van der Waals surface area contributed by atoms with Gasteiger partial charge in [0, 0.05) is 8.95 Å². The van der Waals surface area contributed by atoms with Crippen LogP contribution < -0.4 is 0 Å². The molecule has 0 spiro atoms. The molecule has 0 heterocycles. The van der Waals surface area contributed by atoms with Crippen LogP contribution in [-0.2, 0) is 0 Å². The number of ketones is 1. The van der Waals surface area contributed by atoms with Gasteiger partial charge in [0.1, 0.15) is 0 Å². The Hall–Kier alpha value is 0.430. The van der Waals surface area contributed by atoms with E-state index in [1.807, 2.05) is 0 Å². The highest BCUT2D eigenvalue weighted by Gasteiger charge is 2.15. The number of hydrogen-bond acceptors (Lipinski definition) is 1. The summed E-state index contributed by atoms with van der Waals surface area (Å²) in [4.78, 5) is 11.3. The molecule has 0 radical (unpaired) electrons. The van der Waals surface area contributed by atoms with E-state index >= 15 is 0 Å². The van der Waals surface area contributed by atoms with Crippen molar-refractivity contribution in [1.29, 1.82) is 0 Å². The highest BCUT2D eigenvalue weighted by Crippen LogP contribution is 2.32. The first kappa shape index (κ1) is 11.5. The Morgan fingerprint density at radius 2 is 2.00 bits per heavy atom. The van der Waals surface area contributed by atoms with Gasteiger partial charge in [0.25, 0.3) is 0 Å². The first-order valence-corrected chi connectivity index (χ1v) is 5.80. The fourth-order valence-electron chi connectivity index (χ4n) is 0.849. The molecule has 5 heteroatoms. The Bertz CT molecular complexity index is 352. The van der Waals surface area contributed by atoms with Crippen LogP contribution in [-0.4, -0.2) is 11.7 Å². The minimum absolute atomic E-state index is 0.0746. The molecule has 0 amide bonds. The summed E-state index contributed by atoms with van der Waals surface area (Å²) in [5.41, 5.74) is 0.422. The summed E-state index contributed by atoms with van der Waals surface area (Å²) >= 11 is 17.8. The second kappa shape index (κ2) is 4.78. The zero-order chi connectivity index (χ0) is 10.0. The smallest absolute Gasteiger partial charge is 0.180 e. The van der Waals surface area contributed by atoms with Gasteiger partial charge in [0.2, 0.25) is 0 Å². The Morgan fingerprint density at radius 3 is 2.54 bits per heavy atom. The van der Waals surface area contributed by atoms with E-state index in [2.05, 4.69) is 31.9 Å². The van der Waals surface area contributed by atoms with Gasteiger partial charge in [-0.05, 0) is 44.0 Å². The summed E-state index contributed by atoms with van der Waals surface area (Å²) in [5.74, 6) is -0.269. The number of benzene rings is 1. The van der Waals surface area contributed by atoms with Crippen molar-refractivity contribution in [2.75, 3.05) is 5.88 Å². The normalized spacial score (nSPS) is 10.2. The van der Waals surface area contributed by atoms with Crippen LogP contribution in [0.15, 0.2) is 21.1 Å². The zero-order valence-corrected chi connectivity index (χ0v) is 11.0. The average molecular weight is 347 g/mol. The third-order valence-corrected chi connectivity index (χ3v) is 4.02. The van der Waals surface area contributed by atoms with Crippen LogP contribution in [0.3, 0.4) is 0 Å². The van der Waals surface area contributed by atoms with Gasteiger partial charge in [0.05, 0.1) is 16.5 Å². The van der Waals surface area contributed by atoms with Crippen molar-refractivity contribution in [2.24, 2.45) is 0 Å². The number of carbonyl (C=O) groups excluding carboxylic acids is 1.